The van der Waals surface area contributed by atoms with Crippen molar-refractivity contribution in [2.75, 3.05) is 24.9 Å². The summed E-state index contributed by atoms with van der Waals surface area (Å²) in [6.07, 6.45) is 0. The number of aryl methyl sites for hydroxylation is 1. The molecule has 6 nitrogen and oxygen atoms in total. The van der Waals surface area contributed by atoms with Crippen molar-refractivity contribution in [2.45, 2.75) is 13.5 Å². The smallest absolute Gasteiger partial charge is 0.161 e. The van der Waals surface area contributed by atoms with Crippen molar-refractivity contribution < 1.29 is 13.9 Å². The third-order valence-electron chi connectivity index (χ3n) is 3.88. The van der Waals surface area contributed by atoms with Crippen molar-refractivity contribution in [3.63, 3.8) is 0 Å². The lowest BCUT2D eigenvalue weighted by Gasteiger charge is -2.12. The van der Waals surface area contributed by atoms with Gasteiger partial charge in [0.25, 0.3) is 0 Å². The summed E-state index contributed by atoms with van der Waals surface area (Å²) in [5, 5.41) is 6.43. The minimum Gasteiger partial charge on any atom is -0.493 e. The number of benzene rings is 2. The molecule has 2 N–H and O–H groups in total. The van der Waals surface area contributed by atoms with Gasteiger partial charge in [0.1, 0.15) is 23.3 Å². The van der Waals surface area contributed by atoms with E-state index in [0.717, 1.165) is 11.3 Å². The summed E-state index contributed by atoms with van der Waals surface area (Å²) in [4.78, 5) is 8.77. The molecule has 1 aromatic heterocycles. The highest BCUT2D eigenvalue weighted by Crippen LogP contribution is 2.28. The maximum absolute atomic E-state index is 13.0. The lowest BCUT2D eigenvalue weighted by atomic mass is 10.2. The van der Waals surface area contributed by atoms with Crippen LogP contribution in [0, 0.1) is 12.7 Å². The van der Waals surface area contributed by atoms with Crippen LogP contribution in [0.5, 0.6) is 11.5 Å². The Kier molecular flexibility index (Phi) is 5.71. The van der Waals surface area contributed by atoms with Crippen LogP contribution in [0.4, 0.5) is 21.7 Å². The number of methoxy groups -OCH3 is 2. The van der Waals surface area contributed by atoms with Crippen LogP contribution in [-0.2, 0) is 6.54 Å². The van der Waals surface area contributed by atoms with Gasteiger partial charge < -0.3 is 20.1 Å². The molecule has 3 aromatic rings. The van der Waals surface area contributed by atoms with E-state index in [4.69, 9.17) is 9.47 Å². The molecular weight excluding hydrogens is 347 g/mol. The van der Waals surface area contributed by atoms with Crippen LogP contribution in [0.2, 0.25) is 0 Å². The molecule has 0 bridgehead atoms. The lowest BCUT2D eigenvalue weighted by Crippen LogP contribution is -2.05. The molecule has 0 aliphatic rings. The van der Waals surface area contributed by atoms with Gasteiger partial charge in [0.2, 0.25) is 0 Å². The van der Waals surface area contributed by atoms with Gasteiger partial charge >= 0.3 is 0 Å². The van der Waals surface area contributed by atoms with E-state index < -0.39 is 0 Å². The number of nitrogens with one attached hydrogen (secondary N) is 2. The van der Waals surface area contributed by atoms with Crippen molar-refractivity contribution in [3.05, 3.63) is 65.7 Å². The van der Waals surface area contributed by atoms with Crippen LogP contribution >= 0.6 is 0 Å². The third-order valence-corrected chi connectivity index (χ3v) is 3.88. The van der Waals surface area contributed by atoms with Gasteiger partial charge in [0.15, 0.2) is 11.5 Å². The highest BCUT2D eigenvalue weighted by molar-refractivity contribution is 5.59. The van der Waals surface area contributed by atoms with Crippen molar-refractivity contribution in [3.8, 4) is 11.5 Å². The predicted octanol–water partition coefficient (Wildman–Crippen LogP) is 4.30. The SMILES string of the molecule is COc1ccc(CNc2cc(Nc3ccc(F)cc3)nc(C)n2)cc1OC. The predicted molar refractivity (Wildman–Crippen MR) is 103 cm³/mol. The summed E-state index contributed by atoms with van der Waals surface area (Å²) in [5.41, 5.74) is 1.78. The zero-order valence-electron chi connectivity index (χ0n) is 15.4. The molecule has 0 atom stereocenters. The van der Waals surface area contributed by atoms with E-state index in [0.29, 0.717) is 35.5 Å². The number of halogens is 1. The minimum atomic E-state index is -0.281. The standard InChI is InChI=1S/C20H21FN4O2/c1-13-23-19(11-20(24-13)25-16-7-5-15(21)6-8-16)22-12-14-4-9-17(26-2)18(10-14)27-3/h4-11H,12H2,1-3H3,(H2,22,23,24,25). The molecule has 7 heteroatoms. The number of hydrogen-bond donors (Lipinski definition) is 2. The average molecular weight is 368 g/mol. The van der Waals surface area contributed by atoms with Crippen LogP contribution in [0.15, 0.2) is 48.5 Å². The van der Waals surface area contributed by atoms with E-state index in [1.165, 1.54) is 12.1 Å². The van der Waals surface area contributed by atoms with E-state index >= 15 is 0 Å². The number of hydrogen-bond acceptors (Lipinski definition) is 6. The van der Waals surface area contributed by atoms with E-state index in [9.17, 15) is 4.39 Å². The number of anilines is 3. The third kappa shape index (κ3) is 4.84. The van der Waals surface area contributed by atoms with Gasteiger partial charge in [-0.25, -0.2) is 14.4 Å². The number of ether oxygens (including phenoxy) is 2. The fraction of sp³-hybridized carbons (Fsp3) is 0.200. The molecule has 0 aliphatic carbocycles. The Labute approximate surface area is 157 Å². The Morgan fingerprint density at radius 2 is 1.59 bits per heavy atom. The summed E-state index contributed by atoms with van der Waals surface area (Å²) < 4.78 is 23.6. The van der Waals surface area contributed by atoms with Gasteiger partial charge in [0, 0.05) is 18.3 Å². The molecule has 0 amide bonds. The van der Waals surface area contributed by atoms with Gasteiger partial charge in [-0.2, -0.15) is 0 Å². The molecule has 0 radical (unpaired) electrons. The summed E-state index contributed by atoms with van der Waals surface area (Å²) >= 11 is 0. The van der Waals surface area contributed by atoms with Crippen molar-refractivity contribution in [1.82, 2.24) is 9.97 Å². The normalized spacial score (nSPS) is 10.4. The topological polar surface area (TPSA) is 68.3 Å². The average Bonchev–Trinajstić information content (AvgIpc) is 2.67. The van der Waals surface area contributed by atoms with Gasteiger partial charge in [-0.05, 0) is 48.9 Å². The minimum absolute atomic E-state index is 0.281. The molecule has 0 saturated heterocycles. The molecule has 0 unspecified atom stereocenters. The summed E-state index contributed by atoms with van der Waals surface area (Å²) in [6.45, 7) is 2.38. The Morgan fingerprint density at radius 3 is 2.30 bits per heavy atom. The molecule has 0 aliphatic heterocycles. The number of rotatable bonds is 7. The van der Waals surface area contributed by atoms with Gasteiger partial charge in [0.05, 0.1) is 14.2 Å². The first-order chi connectivity index (χ1) is 13.1. The molecule has 1 heterocycles. The lowest BCUT2D eigenvalue weighted by molar-refractivity contribution is 0.354. The van der Waals surface area contributed by atoms with Crippen molar-refractivity contribution in [1.29, 1.82) is 0 Å². The Balaban J connectivity index is 1.72. The molecule has 2 aromatic carbocycles. The Morgan fingerprint density at radius 1 is 0.889 bits per heavy atom. The second-order valence-electron chi connectivity index (χ2n) is 5.86. The van der Waals surface area contributed by atoms with Crippen LogP contribution in [0.25, 0.3) is 0 Å². The van der Waals surface area contributed by atoms with E-state index in [1.54, 1.807) is 32.4 Å². The van der Waals surface area contributed by atoms with Crippen molar-refractivity contribution >= 4 is 17.3 Å². The second kappa shape index (κ2) is 8.35. The van der Waals surface area contributed by atoms with Crippen LogP contribution in [0.3, 0.4) is 0 Å². The summed E-state index contributed by atoms with van der Waals surface area (Å²) in [5.74, 6) is 3.01. The molecule has 140 valence electrons. The first-order valence-corrected chi connectivity index (χ1v) is 8.40. The van der Waals surface area contributed by atoms with E-state index in [1.807, 2.05) is 25.1 Å². The molecule has 27 heavy (non-hydrogen) atoms. The Hall–Kier alpha value is -3.35. The van der Waals surface area contributed by atoms with Gasteiger partial charge in [-0.15, -0.1) is 0 Å². The first-order valence-electron chi connectivity index (χ1n) is 8.40. The first kappa shape index (κ1) is 18.4. The van der Waals surface area contributed by atoms with Crippen LogP contribution in [0.1, 0.15) is 11.4 Å². The fourth-order valence-corrected chi connectivity index (χ4v) is 2.59. The van der Waals surface area contributed by atoms with E-state index in [2.05, 4.69) is 20.6 Å². The summed E-state index contributed by atoms with van der Waals surface area (Å²) in [6, 6.07) is 13.6. The monoisotopic (exact) mass is 368 g/mol. The largest absolute Gasteiger partial charge is 0.493 e. The van der Waals surface area contributed by atoms with Crippen molar-refractivity contribution in [2.24, 2.45) is 0 Å². The highest BCUT2D eigenvalue weighted by atomic mass is 19.1. The number of aromatic nitrogens is 2. The number of nitrogens with zero attached hydrogens (tertiary/aromatic N) is 2. The molecule has 3 rings (SSSR count). The molecule has 0 saturated carbocycles. The molecular formula is C20H21FN4O2. The van der Waals surface area contributed by atoms with Crippen LogP contribution < -0.4 is 20.1 Å². The Bertz CT molecular complexity index is 916. The van der Waals surface area contributed by atoms with Gasteiger partial charge in [-0.3, -0.25) is 0 Å². The second-order valence-corrected chi connectivity index (χ2v) is 5.86. The van der Waals surface area contributed by atoms with E-state index in [-0.39, 0.29) is 5.82 Å². The zero-order chi connectivity index (χ0) is 19.2. The summed E-state index contributed by atoms with van der Waals surface area (Å²) in [7, 11) is 3.21. The maximum atomic E-state index is 13.0. The quantitative estimate of drug-likeness (QED) is 0.648. The van der Waals surface area contributed by atoms with Gasteiger partial charge in [-0.1, -0.05) is 6.07 Å². The zero-order valence-corrected chi connectivity index (χ0v) is 15.4. The highest BCUT2D eigenvalue weighted by Gasteiger charge is 2.06. The molecule has 0 fully saturated rings. The fourth-order valence-electron chi connectivity index (χ4n) is 2.59. The van der Waals surface area contributed by atoms with Crippen LogP contribution in [-0.4, -0.2) is 24.2 Å². The maximum Gasteiger partial charge on any atom is 0.161 e. The molecule has 0 spiro atoms.